The number of hydrogen-bond acceptors (Lipinski definition) is 1. The van der Waals surface area contributed by atoms with Crippen LogP contribution in [0.4, 0.5) is 0 Å². The molecule has 0 aliphatic rings. The lowest BCUT2D eigenvalue weighted by molar-refractivity contribution is 0.395. The van der Waals surface area contributed by atoms with Crippen molar-refractivity contribution in [1.29, 1.82) is 0 Å². The Morgan fingerprint density at radius 2 is 1.50 bits per heavy atom. The van der Waals surface area contributed by atoms with Gasteiger partial charge in [-0.25, -0.2) is 4.57 Å². The van der Waals surface area contributed by atoms with Gasteiger partial charge in [0, 0.05) is 11.2 Å². The summed E-state index contributed by atoms with van der Waals surface area (Å²) in [4.78, 5) is 14.8. The van der Waals surface area contributed by atoms with Gasteiger partial charge < -0.3 is 9.79 Å². The minimum absolute atomic E-state index is 0. The van der Waals surface area contributed by atoms with Crippen molar-refractivity contribution < 1.29 is 14.4 Å². The van der Waals surface area contributed by atoms with Crippen LogP contribution in [-0.2, 0) is 4.57 Å². The Bertz CT molecular complexity index is 56.9. The highest BCUT2D eigenvalue weighted by Gasteiger charge is 2.01. The van der Waals surface area contributed by atoms with E-state index in [9.17, 15) is 0 Å². The molecule has 0 rings (SSSR count). The van der Waals surface area contributed by atoms with E-state index in [0.29, 0.717) is 0 Å². The molecule has 0 amide bonds. The van der Waals surface area contributed by atoms with Gasteiger partial charge in [0.25, 0.3) is 0 Å². The van der Waals surface area contributed by atoms with Gasteiger partial charge in [-0.2, -0.15) is 0 Å². The van der Waals surface area contributed by atoms with Crippen LogP contribution < -0.4 is 0 Å². The van der Waals surface area contributed by atoms with Gasteiger partial charge in [0.1, 0.15) is 0 Å². The molecule has 0 heterocycles. The Labute approximate surface area is 50.4 Å². The molecule has 2 N–H and O–H groups in total. The SMILES string of the molecule is O=P(O)(O)Cl.[AlH3]. The molecule has 0 atom stereocenters. The van der Waals surface area contributed by atoms with Gasteiger partial charge in [0.05, 0.1) is 0 Å². The van der Waals surface area contributed by atoms with Gasteiger partial charge in [0.15, 0.2) is 17.4 Å². The monoisotopic (exact) mass is 146 g/mol. The van der Waals surface area contributed by atoms with Crippen molar-refractivity contribution in [2.45, 2.75) is 0 Å². The van der Waals surface area contributed by atoms with Gasteiger partial charge in [0.2, 0.25) is 0 Å². The first-order chi connectivity index (χ1) is 2.00. The largest absolute Gasteiger partial charge is 0.419 e. The van der Waals surface area contributed by atoms with E-state index in [1.807, 2.05) is 0 Å². The fraction of sp³-hybridized carbons (Fsp3) is 0. The maximum Gasteiger partial charge on any atom is 0.419 e. The van der Waals surface area contributed by atoms with Crippen LogP contribution in [0.15, 0.2) is 0 Å². The Hall–Kier alpha value is 0.972. The Balaban J connectivity index is 0. The van der Waals surface area contributed by atoms with Crippen LogP contribution >= 0.6 is 18.2 Å². The van der Waals surface area contributed by atoms with Gasteiger partial charge >= 0.3 is 6.95 Å². The molecule has 3 nitrogen and oxygen atoms in total. The van der Waals surface area contributed by atoms with Crippen molar-refractivity contribution in [1.82, 2.24) is 0 Å². The van der Waals surface area contributed by atoms with Crippen molar-refractivity contribution in [2.75, 3.05) is 0 Å². The highest BCUT2D eigenvalue weighted by molar-refractivity contribution is 7.79. The molecule has 0 aromatic heterocycles. The minimum Gasteiger partial charge on any atom is -0.313 e. The molecule has 0 aliphatic heterocycles. The van der Waals surface area contributed by atoms with Gasteiger partial charge in [-0.15, -0.1) is 0 Å². The molecule has 6 heteroatoms. The zero-order valence-electron chi connectivity index (χ0n) is 2.13. The zero-order chi connectivity index (χ0) is 4.50. The molecule has 0 saturated carbocycles. The van der Waals surface area contributed by atoms with Gasteiger partial charge in [-0.05, 0) is 0 Å². The molecule has 0 bridgehead atoms. The predicted molar refractivity (Wildman–Crippen MR) is 27.8 cm³/mol. The molecule has 0 radical (unpaired) electrons. The molecule has 0 saturated heterocycles. The summed E-state index contributed by atoms with van der Waals surface area (Å²) in [7, 11) is 0. The summed E-state index contributed by atoms with van der Waals surface area (Å²) >= 11 is 4.20. The van der Waals surface area contributed by atoms with E-state index in [0.717, 1.165) is 0 Å². The van der Waals surface area contributed by atoms with E-state index < -0.39 is 6.95 Å². The fourth-order valence-electron chi connectivity index (χ4n) is 0. The first kappa shape index (κ1) is 10.1. The quantitative estimate of drug-likeness (QED) is 0.345. The third-order valence-corrected chi connectivity index (χ3v) is 0. The summed E-state index contributed by atoms with van der Waals surface area (Å²) in [5.41, 5.74) is 0. The lowest BCUT2D eigenvalue weighted by atomic mass is 15.8. The summed E-state index contributed by atoms with van der Waals surface area (Å²) in [5, 5.41) is 0. The highest BCUT2D eigenvalue weighted by atomic mass is 35.7. The third kappa shape index (κ3) is 83.0. The molecule has 0 aromatic rings. The summed E-state index contributed by atoms with van der Waals surface area (Å²) in [6.45, 7) is -4.17. The smallest absolute Gasteiger partial charge is 0.313 e. The second-order valence-corrected chi connectivity index (χ2v) is 2.74. The number of hydrogen-bond donors (Lipinski definition) is 2. The standard InChI is InChI=1S/Al.ClH2O3P.3H/c;1-5(2,3)4;;;/h;(H2,2,3,4);;;. The van der Waals surface area contributed by atoms with Crippen LogP contribution in [0.2, 0.25) is 0 Å². The predicted octanol–water partition coefficient (Wildman–Crippen LogP) is -0.866. The van der Waals surface area contributed by atoms with Crippen molar-refractivity contribution >= 4 is 35.6 Å². The summed E-state index contributed by atoms with van der Waals surface area (Å²) < 4.78 is 9.09. The van der Waals surface area contributed by atoms with E-state index in [1.165, 1.54) is 0 Å². The Morgan fingerprint density at radius 3 is 1.50 bits per heavy atom. The summed E-state index contributed by atoms with van der Waals surface area (Å²) in [5.74, 6) is 0. The average molecular weight is 146 g/mol. The maximum absolute atomic E-state index is 9.09. The van der Waals surface area contributed by atoms with Crippen LogP contribution in [-0.4, -0.2) is 27.1 Å². The van der Waals surface area contributed by atoms with E-state index >= 15 is 0 Å². The lowest BCUT2D eigenvalue weighted by Gasteiger charge is -1.80. The van der Waals surface area contributed by atoms with E-state index in [1.54, 1.807) is 0 Å². The molecular weight excluding hydrogens is 141 g/mol. The second kappa shape index (κ2) is 3.04. The van der Waals surface area contributed by atoms with Crippen LogP contribution in [0.5, 0.6) is 0 Å². The molecule has 6 heavy (non-hydrogen) atoms. The summed E-state index contributed by atoms with van der Waals surface area (Å²) in [6.07, 6.45) is 0. The Morgan fingerprint density at radius 1 is 1.50 bits per heavy atom. The Kier molecular flexibility index (Phi) is 5.09. The van der Waals surface area contributed by atoms with Crippen molar-refractivity contribution in [3.05, 3.63) is 0 Å². The molecule has 0 aliphatic carbocycles. The fourth-order valence-corrected chi connectivity index (χ4v) is 0. The van der Waals surface area contributed by atoms with Gasteiger partial charge in [-0.1, -0.05) is 0 Å². The van der Waals surface area contributed by atoms with Crippen LogP contribution in [0, 0.1) is 0 Å². The van der Waals surface area contributed by atoms with Crippen molar-refractivity contribution in [3.8, 4) is 0 Å². The third-order valence-electron chi connectivity index (χ3n) is 0. The van der Waals surface area contributed by atoms with Gasteiger partial charge in [-0.3, -0.25) is 0 Å². The van der Waals surface area contributed by atoms with Crippen molar-refractivity contribution in [2.24, 2.45) is 0 Å². The first-order valence-electron chi connectivity index (χ1n) is 0.752. The van der Waals surface area contributed by atoms with Crippen LogP contribution in [0.1, 0.15) is 0 Å². The molecule has 0 aromatic carbocycles. The lowest BCUT2D eigenvalue weighted by Crippen LogP contribution is -1.54. The second-order valence-electron chi connectivity index (χ2n) is 0.473. The van der Waals surface area contributed by atoms with Crippen LogP contribution in [0.3, 0.4) is 0 Å². The summed E-state index contributed by atoms with van der Waals surface area (Å²) in [6, 6.07) is 0. The zero-order valence-corrected chi connectivity index (χ0v) is 3.78. The van der Waals surface area contributed by atoms with Crippen molar-refractivity contribution in [3.63, 3.8) is 0 Å². The number of rotatable bonds is 0. The molecule has 0 fully saturated rings. The minimum atomic E-state index is -4.17. The normalized spacial score (nSPS) is 9.83. The molecule has 0 spiro atoms. The molecule has 38 valence electrons. The van der Waals surface area contributed by atoms with E-state index in [-0.39, 0.29) is 17.4 Å². The highest BCUT2D eigenvalue weighted by Crippen LogP contribution is 2.39. The van der Waals surface area contributed by atoms with E-state index in [4.69, 9.17) is 14.4 Å². The average Bonchev–Trinajstić information content (AvgIpc) is 0.722. The first-order valence-corrected chi connectivity index (χ1v) is 3.27. The topological polar surface area (TPSA) is 57.5 Å². The maximum atomic E-state index is 9.09. The molecule has 0 unspecified atom stereocenters. The molecular formula is H5AlClO3P. The van der Waals surface area contributed by atoms with Crippen LogP contribution in [0.25, 0.3) is 0 Å². The van der Waals surface area contributed by atoms with E-state index in [2.05, 4.69) is 11.2 Å². The number of halogens is 1.